The number of thiazole rings is 1. The Morgan fingerprint density at radius 3 is 2.75 bits per heavy atom. The Kier molecular flexibility index (Phi) is 5.81. The van der Waals surface area contributed by atoms with Crippen molar-refractivity contribution in [2.75, 3.05) is 24.5 Å². The third-order valence-electron chi connectivity index (χ3n) is 4.29. The van der Waals surface area contributed by atoms with Gasteiger partial charge in [0.2, 0.25) is 0 Å². The molecule has 2 heterocycles. The zero-order chi connectivity index (χ0) is 14.5. The molecular formula is C15H27N3OS. The van der Waals surface area contributed by atoms with Crippen LogP contribution in [0.15, 0.2) is 5.38 Å². The van der Waals surface area contributed by atoms with Crippen LogP contribution < -0.4 is 10.2 Å². The van der Waals surface area contributed by atoms with E-state index in [1.165, 1.54) is 0 Å². The third kappa shape index (κ3) is 4.17. The molecule has 1 aliphatic heterocycles. The van der Waals surface area contributed by atoms with Gasteiger partial charge in [0.1, 0.15) is 0 Å². The molecule has 0 saturated carbocycles. The van der Waals surface area contributed by atoms with Crippen LogP contribution in [-0.4, -0.2) is 41.9 Å². The first kappa shape index (κ1) is 15.7. The maximum absolute atomic E-state index is 10.00. The molecule has 1 aromatic rings. The van der Waals surface area contributed by atoms with Crippen molar-refractivity contribution in [2.24, 2.45) is 5.92 Å². The SMILES string of the molecule is CCC(C)C(O)CNC1CCN(c2nc(C)cs2)CC1. The van der Waals surface area contributed by atoms with Crippen LogP contribution >= 0.6 is 11.3 Å². The molecule has 2 atom stereocenters. The molecule has 0 aliphatic carbocycles. The van der Waals surface area contributed by atoms with Gasteiger partial charge in [-0.05, 0) is 25.7 Å². The van der Waals surface area contributed by atoms with E-state index in [4.69, 9.17) is 0 Å². The van der Waals surface area contributed by atoms with E-state index in [1.54, 1.807) is 11.3 Å². The van der Waals surface area contributed by atoms with Gasteiger partial charge in [-0.1, -0.05) is 20.3 Å². The largest absolute Gasteiger partial charge is 0.392 e. The van der Waals surface area contributed by atoms with Crippen LogP contribution in [0.2, 0.25) is 0 Å². The fraction of sp³-hybridized carbons (Fsp3) is 0.800. The highest BCUT2D eigenvalue weighted by atomic mass is 32.1. The van der Waals surface area contributed by atoms with Crippen molar-refractivity contribution in [3.63, 3.8) is 0 Å². The van der Waals surface area contributed by atoms with Crippen molar-refractivity contribution in [2.45, 2.75) is 52.2 Å². The van der Waals surface area contributed by atoms with Crippen LogP contribution in [0.4, 0.5) is 5.13 Å². The second kappa shape index (κ2) is 7.38. The molecule has 2 unspecified atom stereocenters. The monoisotopic (exact) mass is 297 g/mol. The van der Waals surface area contributed by atoms with Crippen LogP contribution in [0.1, 0.15) is 38.8 Å². The molecule has 0 aromatic carbocycles. The summed E-state index contributed by atoms with van der Waals surface area (Å²) in [7, 11) is 0. The summed E-state index contributed by atoms with van der Waals surface area (Å²) in [5, 5.41) is 16.8. The quantitative estimate of drug-likeness (QED) is 0.846. The van der Waals surface area contributed by atoms with Crippen LogP contribution in [0.5, 0.6) is 0 Å². The molecule has 0 radical (unpaired) electrons. The van der Waals surface area contributed by atoms with Crippen molar-refractivity contribution in [3.05, 3.63) is 11.1 Å². The van der Waals surface area contributed by atoms with Gasteiger partial charge in [0, 0.05) is 31.1 Å². The van der Waals surface area contributed by atoms with Crippen molar-refractivity contribution in [1.82, 2.24) is 10.3 Å². The average Bonchev–Trinajstić information content (AvgIpc) is 2.91. The number of hydrogen-bond acceptors (Lipinski definition) is 5. The lowest BCUT2D eigenvalue weighted by Crippen LogP contribution is -2.45. The first-order valence-corrected chi connectivity index (χ1v) is 8.56. The first-order chi connectivity index (χ1) is 9.60. The highest BCUT2D eigenvalue weighted by Crippen LogP contribution is 2.23. The van der Waals surface area contributed by atoms with Crippen LogP contribution in [0.25, 0.3) is 0 Å². The van der Waals surface area contributed by atoms with Gasteiger partial charge >= 0.3 is 0 Å². The highest BCUT2D eigenvalue weighted by molar-refractivity contribution is 7.13. The molecule has 5 heteroatoms. The number of hydrogen-bond donors (Lipinski definition) is 2. The zero-order valence-electron chi connectivity index (χ0n) is 12.8. The Morgan fingerprint density at radius 2 is 2.20 bits per heavy atom. The molecule has 1 aliphatic rings. The van der Waals surface area contributed by atoms with Crippen molar-refractivity contribution < 1.29 is 5.11 Å². The van der Waals surface area contributed by atoms with Crippen molar-refractivity contribution in [1.29, 1.82) is 0 Å². The molecule has 2 N–H and O–H groups in total. The molecule has 4 nitrogen and oxygen atoms in total. The average molecular weight is 297 g/mol. The standard InChI is InChI=1S/C15H27N3OS/c1-4-11(2)14(19)9-16-13-5-7-18(8-6-13)15-17-12(3)10-20-15/h10-11,13-14,16,19H,4-9H2,1-3H3. The summed E-state index contributed by atoms with van der Waals surface area (Å²) in [5.74, 6) is 0.376. The van der Waals surface area contributed by atoms with Gasteiger partial charge in [0.25, 0.3) is 0 Å². The second-order valence-electron chi connectivity index (χ2n) is 5.89. The highest BCUT2D eigenvalue weighted by Gasteiger charge is 2.22. The number of anilines is 1. The number of piperidine rings is 1. The van der Waals surface area contributed by atoms with Gasteiger partial charge in [0.15, 0.2) is 5.13 Å². The van der Waals surface area contributed by atoms with Gasteiger partial charge in [-0.3, -0.25) is 0 Å². The van der Waals surface area contributed by atoms with E-state index in [-0.39, 0.29) is 6.10 Å². The number of aliphatic hydroxyl groups is 1. The number of aromatic nitrogens is 1. The molecule has 1 saturated heterocycles. The molecule has 0 amide bonds. The smallest absolute Gasteiger partial charge is 0.185 e. The maximum atomic E-state index is 10.00. The van der Waals surface area contributed by atoms with E-state index in [0.717, 1.165) is 49.7 Å². The second-order valence-corrected chi connectivity index (χ2v) is 6.73. The van der Waals surface area contributed by atoms with Gasteiger partial charge in [-0.15, -0.1) is 11.3 Å². The predicted octanol–water partition coefficient (Wildman–Crippen LogP) is 2.42. The molecule has 20 heavy (non-hydrogen) atoms. The molecule has 114 valence electrons. The lowest BCUT2D eigenvalue weighted by atomic mass is 10.0. The van der Waals surface area contributed by atoms with Crippen LogP contribution in [0, 0.1) is 12.8 Å². The number of rotatable bonds is 6. The minimum absolute atomic E-state index is 0.223. The minimum Gasteiger partial charge on any atom is -0.392 e. The molecule has 1 aromatic heterocycles. The summed E-state index contributed by atoms with van der Waals surface area (Å²) >= 11 is 1.74. The van der Waals surface area contributed by atoms with Gasteiger partial charge in [0.05, 0.1) is 11.8 Å². The number of nitrogens with zero attached hydrogens (tertiary/aromatic N) is 2. The third-order valence-corrected chi connectivity index (χ3v) is 5.31. The lowest BCUT2D eigenvalue weighted by Gasteiger charge is -2.33. The number of aryl methyl sites for hydroxylation is 1. The van der Waals surface area contributed by atoms with Gasteiger partial charge in [-0.2, -0.15) is 0 Å². The van der Waals surface area contributed by atoms with Gasteiger partial charge in [-0.25, -0.2) is 4.98 Å². The van der Waals surface area contributed by atoms with Crippen molar-refractivity contribution >= 4 is 16.5 Å². The topological polar surface area (TPSA) is 48.4 Å². The fourth-order valence-corrected chi connectivity index (χ4v) is 3.38. The van der Waals surface area contributed by atoms with E-state index in [9.17, 15) is 5.11 Å². The summed E-state index contributed by atoms with van der Waals surface area (Å²) in [5.41, 5.74) is 1.11. The van der Waals surface area contributed by atoms with E-state index in [1.807, 2.05) is 6.92 Å². The van der Waals surface area contributed by atoms with Crippen LogP contribution in [-0.2, 0) is 0 Å². The van der Waals surface area contributed by atoms with E-state index < -0.39 is 0 Å². The molecular weight excluding hydrogens is 270 g/mol. The number of nitrogens with one attached hydrogen (secondary N) is 1. The Labute approximate surface area is 126 Å². The summed E-state index contributed by atoms with van der Waals surface area (Å²) in [6.45, 7) is 9.12. The fourth-order valence-electron chi connectivity index (χ4n) is 2.52. The summed E-state index contributed by atoms with van der Waals surface area (Å²) in [6.07, 6.45) is 3.07. The molecule has 2 rings (SSSR count). The Morgan fingerprint density at radius 1 is 1.50 bits per heavy atom. The lowest BCUT2D eigenvalue weighted by molar-refractivity contribution is 0.108. The Bertz CT molecular complexity index is 402. The zero-order valence-corrected chi connectivity index (χ0v) is 13.6. The van der Waals surface area contributed by atoms with Crippen LogP contribution in [0.3, 0.4) is 0 Å². The van der Waals surface area contributed by atoms with E-state index in [2.05, 4.69) is 34.4 Å². The summed E-state index contributed by atoms with van der Waals surface area (Å²) < 4.78 is 0. The summed E-state index contributed by atoms with van der Waals surface area (Å²) in [6, 6.07) is 0.533. The normalized spacial score (nSPS) is 20.1. The maximum Gasteiger partial charge on any atom is 0.185 e. The number of aliphatic hydroxyl groups excluding tert-OH is 1. The summed E-state index contributed by atoms with van der Waals surface area (Å²) in [4.78, 5) is 6.93. The van der Waals surface area contributed by atoms with Gasteiger partial charge < -0.3 is 15.3 Å². The predicted molar refractivity (Wildman–Crippen MR) is 85.6 cm³/mol. The molecule has 0 spiro atoms. The Balaban J connectivity index is 1.72. The minimum atomic E-state index is -0.223. The molecule has 0 bridgehead atoms. The Hall–Kier alpha value is -0.650. The molecule has 1 fully saturated rings. The van der Waals surface area contributed by atoms with E-state index in [0.29, 0.717) is 12.0 Å². The van der Waals surface area contributed by atoms with E-state index >= 15 is 0 Å². The van der Waals surface area contributed by atoms with Crippen molar-refractivity contribution in [3.8, 4) is 0 Å². The first-order valence-electron chi connectivity index (χ1n) is 7.68.